The van der Waals surface area contributed by atoms with Crippen molar-refractivity contribution in [1.29, 1.82) is 0 Å². The molecule has 1 saturated heterocycles. The average Bonchev–Trinajstić information content (AvgIpc) is 2.89. The quantitative estimate of drug-likeness (QED) is 0.375. The van der Waals surface area contributed by atoms with E-state index in [4.69, 9.17) is 4.84 Å². The number of amides is 1. The molecule has 2 aromatic heterocycles. The number of aromatic nitrogens is 2. The Bertz CT molecular complexity index is 1220. The van der Waals surface area contributed by atoms with E-state index in [-0.39, 0.29) is 18.9 Å². The zero-order valence-corrected chi connectivity index (χ0v) is 20.2. The molecule has 37 heavy (non-hydrogen) atoms. The highest BCUT2D eigenvalue weighted by Crippen LogP contribution is 2.40. The Morgan fingerprint density at radius 1 is 1.14 bits per heavy atom. The number of anilines is 1. The molecule has 0 bridgehead atoms. The number of hydrogen-bond donors (Lipinski definition) is 1. The molecule has 2 atom stereocenters. The lowest BCUT2D eigenvalue weighted by molar-refractivity contribution is -0.885. The molecule has 196 valence electrons. The number of nitrogens with zero attached hydrogens (tertiary/aromatic N) is 3. The Kier molecular flexibility index (Phi) is 7.44. The van der Waals surface area contributed by atoms with Crippen molar-refractivity contribution >= 4 is 11.7 Å². The molecule has 0 radical (unpaired) electrons. The summed E-state index contributed by atoms with van der Waals surface area (Å²) in [5, 5.41) is 2.56. The SMILES string of the molecule is CO[n+]1ccc([C@H]2CN([C@@H](C)C(=O)Nc3ccc(C(F)(F)c4ccc(F)cc4)cn3)CCC2(F)F)cc1. The summed E-state index contributed by atoms with van der Waals surface area (Å²) in [4.78, 5) is 23.4. The van der Waals surface area contributed by atoms with Crippen LogP contribution in [0.25, 0.3) is 0 Å². The van der Waals surface area contributed by atoms with Crippen molar-refractivity contribution in [2.24, 2.45) is 0 Å². The van der Waals surface area contributed by atoms with Gasteiger partial charge in [-0.3, -0.25) is 14.5 Å². The number of piperidine rings is 1. The van der Waals surface area contributed by atoms with Crippen LogP contribution >= 0.6 is 0 Å². The number of carbonyl (C=O) groups excluding carboxylic acids is 1. The Labute approximate surface area is 210 Å². The lowest BCUT2D eigenvalue weighted by atomic mass is 9.87. The third-order valence-electron chi connectivity index (χ3n) is 6.61. The van der Waals surface area contributed by atoms with E-state index in [1.54, 1.807) is 24.0 Å². The van der Waals surface area contributed by atoms with Gasteiger partial charge >= 0.3 is 0 Å². The molecule has 1 aliphatic heterocycles. The van der Waals surface area contributed by atoms with Crippen molar-refractivity contribution in [1.82, 2.24) is 9.88 Å². The smallest absolute Gasteiger partial charge is 0.299 e. The number of carbonyl (C=O) groups is 1. The number of alkyl halides is 4. The normalized spacial score (nSPS) is 18.7. The number of hydrogen-bond acceptors (Lipinski definition) is 4. The Balaban J connectivity index is 1.42. The fourth-order valence-corrected chi connectivity index (χ4v) is 4.28. The zero-order valence-electron chi connectivity index (χ0n) is 20.2. The van der Waals surface area contributed by atoms with E-state index < -0.39 is 53.1 Å². The molecule has 0 saturated carbocycles. The first-order chi connectivity index (χ1) is 17.5. The van der Waals surface area contributed by atoms with E-state index >= 15 is 0 Å². The van der Waals surface area contributed by atoms with Crippen molar-refractivity contribution in [3.8, 4) is 0 Å². The van der Waals surface area contributed by atoms with E-state index in [0.29, 0.717) is 5.56 Å². The van der Waals surface area contributed by atoms with Gasteiger partial charge in [-0.15, -0.1) is 0 Å². The maximum Gasteiger partial charge on any atom is 0.299 e. The summed E-state index contributed by atoms with van der Waals surface area (Å²) < 4.78 is 73.4. The van der Waals surface area contributed by atoms with Gasteiger partial charge in [0.05, 0.1) is 12.0 Å². The first-order valence-corrected chi connectivity index (χ1v) is 11.6. The van der Waals surface area contributed by atoms with Crippen LogP contribution in [0.5, 0.6) is 0 Å². The van der Waals surface area contributed by atoms with Crippen molar-refractivity contribution in [2.45, 2.75) is 37.1 Å². The molecule has 0 unspecified atom stereocenters. The van der Waals surface area contributed by atoms with E-state index in [2.05, 4.69) is 10.3 Å². The fourth-order valence-electron chi connectivity index (χ4n) is 4.28. The summed E-state index contributed by atoms with van der Waals surface area (Å²) in [6.45, 7) is 1.56. The predicted octanol–water partition coefficient (Wildman–Crippen LogP) is 4.16. The standard InChI is InChI=1S/C26H25F5N4O2/c1-17(34-14-11-25(28,29)22(16-34)18-9-12-35(37-2)13-10-18)24(36)33-23-8-5-20(15-32-23)26(30,31)19-3-6-21(27)7-4-19/h3-10,12-13,15,17,22H,11,14,16H2,1-2H3/p+1/t17-,22+/m0/s1. The first-order valence-electron chi connectivity index (χ1n) is 11.6. The summed E-state index contributed by atoms with van der Waals surface area (Å²) in [5.74, 6) is -8.56. The monoisotopic (exact) mass is 521 g/mol. The fraction of sp³-hybridized carbons (Fsp3) is 0.346. The van der Waals surface area contributed by atoms with Crippen LogP contribution in [0.4, 0.5) is 27.8 Å². The molecule has 1 N–H and O–H groups in total. The predicted molar refractivity (Wildman–Crippen MR) is 125 cm³/mol. The largest absolute Gasteiger partial charge is 0.309 e. The summed E-state index contributed by atoms with van der Waals surface area (Å²) >= 11 is 0. The highest BCUT2D eigenvalue weighted by atomic mass is 19.3. The summed E-state index contributed by atoms with van der Waals surface area (Å²) in [6, 6.07) is 8.58. The van der Waals surface area contributed by atoms with E-state index in [1.165, 1.54) is 30.3 Å². The molecular weight excluding hydrogens is 495 g/mol. The molecule has 11 heteroatoms. The molecular formula is C26H26F5N4O2+. The Morgan fingerprint density at radius 2 is 1.78 bits per heavy atom. The van der Waals surface area contributed by atoms with Crippen molar-refractivity contribution in [2.75, 3.05) is 25.5 Å². The van der Waals surface area contributed by atoms with E-state index in [9.17, 15) is 26.7 Å². The molecule has 3 aromatic rings. The van der Waals surface area contributed by atoms with Gasteiger partial charge < -0.3 is 5.32 Å². The van der Waals surface area contributed by atoms with Gasteiger partial charge in [0.15, 0.2) is 0 Å². The molecule has 1 aliphatic rings. The highest BCUT2D eigenvalue weighted by Gasteiger charge is 2.46. The van der Waals surface area contributed by atoms with Crippen LogP contribution < -0.4 is 14.9 Å². The number of halogens is 5. The summed E-state index contributed by atoms with van der Waals surface area (Å²) in [6.07, 6.45) is 3.59. The molecule has 1 amide bonds. The third kappa shape index (κ3) is 5.71. The van der Waals surface area contributed by atoms with E-state index in [1.807, 2.05) is 0 Å². The maximum absolute atomic E-state index is 14.7. The third-order valence-corrected chi connectivity index (χ3v) is 6.61. The second-order valence-electron chi connectivity index (χ2n) is 8.91. The number of likely N-dealkylation sites (tertiary alicyclic amines) is 1. The minimum atomic E-state index is -3.41. The molecule has 1 fully saturated rings. The lowest BCUT2D eigenvalue weighted by Crippen LogP contribution is -2.52. The molecule has 0 aliphatic carbocycles. The minimum Gasteiger partial charge on any atom is -0.309 e. The van der Waals surface area contributed by atoms with Gasteiger partial charge in [-0.05, 0) is 48.9 Å². The summed E-state index contributed by atoms with van der Waals surface area (Å²) in [5.41, 5.74) is -0.396. The molecule has 0 spiro atoms. The van der Waals surface area contributed by atoms with Crippen LogP contribution in [0, 0.1) is 5.82 Å². The average molecular weight is 522 g/mol. The zero-order chi connectivity index (χ0) is 26.8. The van der Waals surface area contributed by atoms with Gasteiger partial charge in [-0.2, -0.15) is 8.78 Å². The molecule has 3 heterocycles. The maximum atomic E-state index is 14.7. The van der Waals surface area contributed by atoms with Gasteiger partial charge in [0.2, 0.25) is 18.3 Å². The molecule has 1 aromatic carbocycles. The Morgan fingerprint density at radius 3 is 2.38 bits per heavy atom. The van der Waals surface area contributed by atoms with Crippen molar-refractivity contribution in [3.05, 3.63) is 89.6 Å². The van der Waals surface area contributed by atoms with Crippen LogP contribution in [0.2, 0.25) is 0 Å². The second-order valence-corrected chi connectivity index (χ2v) is 8.91. The van der Waals surface area contributed by atoms with Gasteiger partial charge in [0.1, 0.15) is 18.7 Å². The number of pyridine rings is 2. The van der Waals surface area contributed by atoms with Crippen LogP contribution in [-0.4, -0.2) is 48.0 Å². The van der Waals surface area contributed by atoms with Gasteiger partial charge in [-0.1, -0.05) is 0 Å². The number of nitrogens with one attached hydrogen (secondary N) is 1. The number of rotatable bonds is 7. The Hall–Kier alpha value is -3.60. The minimum absolute atomic E-state index is 0.0131. The van der Waals surface area contributed by atoms with Crippen LogP contribution in [0.15, 0.2) is 67.1 Å². The number of benzene rings is 1. The van der Waals surface area contributed by atoms with Crippen LogP contribution in [0.3, 0.4) is 0 Å². The van der Waals surface area contributed by atoms with Gasteiger partial charge in [-0.25, -0.2) is 18.2 Å². The first kappa shape index (κ1) is 26.5. The second kappa shape index (κ2) is 10.4. The topological polar surface area (TPSA) is 58.3 Å². The van der Waals surface area contributed by atoms with Gasteiger partial charge in [0.25, 0.3) is 11.8 Å². The van der Waals surface area contributed by atoms with Crippen molar-refractivity contribution in [3.63, 3.8) is 0 Å². The molecule has 4 rings (SSSR count). The summed E-state index contributed by atoms with van der Waals surface area (Å²) in [7, 11) is 1.45. The highest BCUT2D eigenvalue weighted by molar-refractivity contribution is 5.93. The lowest BCUT2D eigenvalue weighted by Gasteiger charge is -2.40. The van der Waals surface area contributed by atoms with Crippen LogP contribution in [-0.2, 0) is 10.7 Å². The van der Waals surface area contributed by atoms with E-state index in [0.717, 1.165) is 36.5 Å². The molecule has 6 nitrogen and oxygen atoms in total. The van der Waals surface area contributed by atoms with Gasteiger partial charge in [0, 0.05) is 53.7 Å². The van der Waals surface area contributed by atoms with Crippen LogP contribution in [0.1, 0.15) is 36.0 Å². The van der Waals surface area contributed by atoms with Crippen molar-refractivity contribution < 1.29 is 36.3 Å².